The summed E-state index contributed by atoms with van der Waals surface area (Å²) in [6, 6.07) is 0. The maximum atomic E-state index is 12.5. The Bertz CT molecular complexity index is 1030. The van der Waals surface area contributed by atoms with Gasteiger partial charge in [-0.25, -0.2) is 0 Å². The summed E-state index contributed by atoms with van der Waals surface area (Å²) in [4.78, 5) is 49.0. The van der Waals surface area contributed by atoms with Crippen molar-refractivity contribution in [3.63, 3.8) is 0 Å². The Hall–Kier alpha value is -1.22. The zero-order valence-corrected chi connectivity index (χ0v) is 27.5. The van der Waals surface area contributed by atoms with Crippen molar-refractivity contribution < 1.29 is 38.6 Å². The Morgan fingerprint density at radius 2 is 1.53 bits per heavy atom. The maximum absolute atomic E-state index is 12.5. The van der Waals surface area contributed by atoms with Crippen molar-refractivity contribution in [2.24, 2.45) is 52.3 Å². The second-order valence-corrected chi connectivity index (χ2v) is 15.9. The van der Waals surface area contributed by atoms with E-state index in [0.29, 0.717) is 48.3 Å². The summed E-state index contributed by atoms with van der Waals surface area (Å²) in [6.07, 6.45) is 14.1. The van der Waals surface area contributed by atoms with E-state index >= 15 is 0 Å². The van der Waals surface area contributed by atoms with E-state index in [0.717, 1.165) is 57.8 Å². The molecule has 43 heavy (non-hydrogen) atoms. The zero-order valence-electron chi connectivity index (χ0n) is 27.5. The third kappa shape index (κ3) is 5.59. The first-order valence-corrected chi connectivity index (χ1v) is 17.4. The molecule has 6 rings (SSSR count). The highest BCUT2D eigenvalue weighted by molar-refractivity contribution is 5.69. The Morgan fingerprint density at radius 3 is 2.19 bits per heavy atom. The van der Waals surface area contributed by atoms with Crippen LogP contribution in [-0.2, 0) is 38.6 Å². The predicted molar refractivity (Wildman–Crippen MR) is 159 cm³/mol. The van der Waals surface area contributed by atoms with E-state index in [-0.39, 0.29) is 34.8 Å². The lowest BCUT2D eigenvalue weighted by Crippen LogP contribution is -2.62. The van der Waals surface area contributed by atoms with Gasteiger partial charge in [0.2, 0.25) is 11.6 Å². The van der Waals surface area contributed by atoms with Gasteiger partial charge < -0.3 is 9.47 Å². The molecule has 0 N–H and O–H groups in total. The van der Waals surface area contributed by atoms with Crippen molar-refractivity contribution in [3.8, 4) is 0 Å². The van der Waals surface area contributed by atoms with Gasteiger partial charge in [-0.1, -0.05) is 34.1 Å². The number of rotatable bonds is 6. The average molecular weight is 605 g/mol. The summed E-state index contributed by atoms with van der Waals surface area (Å²) in [7, 11) is 1.47. The fourth-order valence-corrected chi connectivity index (χ4v) is 11.3. The van der Waals surface area contributed by atoms with E-state index in [1.54, 1.807) is 6.92 Å². The molecule has 2 spiro atoms. The molecule has 0 radical (unpaired) electrons. The van der Waals surface area contributed by atoms with Crippen LogP contribution in [0.25, 0.3) is 0 Å². The molecule has 1 saturated heterocycles. The Morgan fingerprint density at radius 1 is 0.860 bits per heavy atom. The molecular formula is C35H56O8. The van der Waals surface area contributed by atoms with Crippen LogP contribution in [0.4, 0.5) is 0 Å². The quantitative estimate of drug-likeness (QED) is 0.225. The number of ether oxygens (including phenoxy) is 2. The van der Waals surface area contributed by atoms with Gasteiger partial charge in [0.15, 0.2) is 0 Å². The lowest BCUT2D eigenvalue weighted by atomic mass is 9.43. The van der Waals surface area contributed by atoms with Crippen LogP contribution >= 0.6 is 0 Å². The molecule has 0 amide bonds. The first-order chi connectivity index (χ1) is 20.5. The average Bonchev–Trinajstić information content (AvgIpc) is 3.35. The molecule has 0 bridgehead atoms. The van der Waals surface area contributed by atoms with E-state index in [1.807, 2.05) is 0 Å². The van der Waals surface area contributed by atoms with Gasteiger partial charge in [0.05, 0.1) is 7.11 Å². The molecule has 244 valence electrons. The van der Waals surface area contributed by atoms with Crippen molar-refractivity contribution in [1.82, 2.24) is 0 Å². The molecule has 5 aliphatic carbocycles. The highest BCUT2D eigenvalue weighted by atomic mass is 17.4. The molecule has 0 aromatic heterocycles. The van der Waals surface area contributed by atoms with Gasteiger partial charge in [-0.3, -0.25) is 9.59 Å². The molecule has 5 saturated carbocycles. The number of carbonyl (C=O) groups excluding carboxylic acids is 2. The predicted octanol–water partition coefficient (Wildman–Crippen LogP) is 7.68. The summed E-state index contributed by atoms with van der Waals surface area (Å²) < 4.78 is 11.2. The minimum absolute atomic E-state index is 0.106. The standard InChI is InChI=1S/C35H56O8/c1-7-24-12-16-34(17-13-24)40-42-35(43-41-34)19-18-32(4)25(21-35)20-29(39-23(3)36)31-27-10-9-26(22(2)8-11-30(37)38-6)33(27,5)15-14-28(31)32/h22,24-29,31H,7-21H2,1-6H3/t22-,24?,25-,26-,27+,28+,29-,31+,32+,33-,34?,35?/m1/s1. The molecule has 6 aliphatic rings. The van der Waals surface area contributed by atoms with Crippen LogP contribution < -0.4 is 0 Å². The maximum Gasteiger partial charge on any atom is 0.305 e. The molecular weight excluding hydrogens is 548 g/mol. The lowest BCUT2D eigenvalue weighted by Gasteiger charge is -2.64. The fourth-order valence-electron chi connectivity index (χ4n) is 11.3. The van der Waals surface area contributed by atoms with Crippen LogP contribution in [0.3, 0.4) is 0 Å². The Balaban J connectivity index is 1.18. The summed E-state index contributed by atoms with van der Waals surface area (Å²) >= 11 is 0. The second kappa shape index (κ2) is 11.9. The third-order valence-corrected chi connectivity index (χ3v) is 13.9. The van der Waals surface area contributed by atoms with Gasteiger partial charge in [-0.2, -0.15) is 19.6 Å². The van der Waals surface area contributed by atoms with Gasteiger partial charge in [-0.05, 0) is 104 Å². The molecule has 0 aromatic carbocycles. The number of carbonyl (C=O) groups is 2. The fraction of sp³-hybridized carbons (Fsp3) is 0.943. The van der Waals surface area contributed by atoms with Crippen molar-refractivity contribution in [2.45, 2.75) is 149 Å². The Kier molecular flexibility index (Phi) is 8.75. The Labute approximate surface area is 258 Å². The normalized spacial score (nSPS) is 48.2. The molecule has 8 heteroatoms. The summed E-state index contributed by atoms with van der Waals surface area (Å²) in [6.45, 7) is 11.1. The van der Waals surface area contributed by atoms with Crippen LogP contribution in [0, 0.1) is 52.3 Å². The molecule has 6 fully saturated rings. The van der Waals surface area contributed by atoms with E-state index in [9.17, 15) is 9.59 Å². The molecule has 1 aliphatic heterocycles. The molecule has 0 unspecified atom stereocenters. The largest absolute Gasteiger partial charge is 0.469 e. The van der Waals surface area contributed by atoms with E-state index < -0.39 is 11.6 Å². The van der Waals surface area contributed by atoms with Gasteiger partial charge in [0, 0.05) is 44.9 Å². The number of esters is 2. The molecule has 9 atom stereocenters. The van der Waals surface area contributed by atoms with Crippen LogP contribution in [0.15, 0.2) is 0 Å². The number of methoxy groups -OCH3 is 1. The van der Waals surface area contributed by atoms with Gasteiger partial charge in [0.1, 0.15) is 6.10 Å². The van der Waals surface area contributed by atoms with Gasteiger partial charge in [-0.15, -0.1) is 0 Å². The lowest BCUT2D eigenvalue weighted by molar-refractivity contribution is -0.665. The first kappa shape index (κ1) is 31.7. The van der Waals surface area contributed by atoms with Crippen molar-refractivity contribution in [2.75, 3.05) is 7.11 Å². The number of fused-ring (bicyclic) bond motifs is 5. The molecule has 8 nitrogen and oxygen atoms in total. The van der Waals surface area contributed by atoms with Crippen LogP contribution in [0.1, 0.15) is 131 Å². The van der Waals surface area contributed by atoms with Crippen molar-refractivity contribution >= 4 is 11.9 Å². The summed E-state index contributed by atoms with van der Waals surface area (Å²) in [5.74, 6) is 1.39. The van der Waals surface area contributed by atoms with Crippen LogP contribution in [0.5, 0.6) is 0 Å². The topological polar surface area (TPSA) is 89.5 Å². The zero-order chi connectivity index (χ0) is 30.6. The number of hydrogen-bond acceptors (Lipinski definition) is 8. The smallest absolute Gasteiger partial charge is 0.305 e. The van der Waals surface area contributed by atoms with Gasteiger partial charge in [0.25, 0.3) is 0 Å². The van der Waals surface area contributed by atoms with Crippen LogP contribution in [-0.4, -0.2) is 36.7 Å². The van der Waals surface area contributed by atoms with Gasteiger partial charge >= 0.3 is 11.9 Å². The van der Waals surface area contributed by atoms with Crippen molar-refractivity contribution in [1.29, 1.82) is 0 Å². The molecule has 0 aromatic rings. The second-order valence-electron chi connectivity index (χ2n) is 15.9. The minimum atomic E-state index is -0.901. The van der Waals surface area contributed by atoms with E-state index in [2.05, 4.69) is 27.7 Å². The summed E-state index contributed by atoms with van der Waals surface area (Å²) in [5.41, 5.74) is 0.306. The minimum Gasteiger partial charge on any atom is -0.469 e. The first-order valence-electron chi connectivity index (χ1n) is 17.4. The highest BCUT2D eigenvalue weighted by Gasteiger charge is 2.66. The SMILES string of the molecule is CCC1CCC2(CC1)OOC1(CC[C@@]3(C)[C@H](C[C@@H](OC(C)=O)[C@@H]4[C@@H]3CC[C@]3(C)[C@@H]([C@H](C)CCC(=O)OC)CC[C@@H]43)C1)OO2. The van der Waals surface area contributed by atoms with Crippen LogP contribution in [0.2, 0.25) is 0 Å². The highest BCUT2D eigenvalue weighted by Crippen LogP contribution is 2.69. The van der Waals surface area contributed by atoms with E-state index in [1.165, 1.54) is 32.8 Å². The van der Waals surface area contributed by atoms with E-state index in [4.69, 9.17) is 29.0 Å². The molecule has 1 heterocycles. The number of hydrogen-bond donors (Lipinski definition) is 0. The third-order valence-electron chi connectivity index (χ3n) is 13.9. The monoisotopic (exact) mass is 604 g/mol. The van der Waals surface area contributed by atoms with Crippen molar-refractivity contribution in [3.05, 3.63) is 0 Å². The summed E-state index contributed by atoms with van der Waals surface area (Å²) in [5, 5.41) is 0.